The Morgan fingerprint density at radius 1 is 1.16 bits per heavy atom. The van der Waals surface area contributed by atoms with E-state index in [-0.39, 0.29) is 30.5 Å². The van der Waals surface area contributed by atoms with Crippen molar-refractivity contribution in [3.8, 4) is 22.9 Å². The number of carbonyl (C=O) groups is 2. The lowest BCUT2D eigenvalue weighted by molar-refractivity contribution is -0.143. The molecule has 1 aromatic carbocycles. The molecular weight excluding hydrogens is 476 g/mol. The molecule has 1 aliphatic heterocycles. The van der Waals surface area contributed by atoms with Crippen molar-refractivity contribution in [1.29, 1.82) is 0 Å². The molecule has 4 rings (SSSR count). The Bertz CT molecular complexity index is 1050. The minimum atomic E-state index is -0.559. The number of tetrazole rings is 1. The van der Waals surface area contributed by atoms with E-state index in [2.05, 4.69) is 20.7 Å². The highest BCUT2D eigenvalue weighted by molar-refractivity contribution is 5.87. The molecule has 2 atom stereocenters. The Morgan fingerprint density at radius 3 is 2.62 bits per heavy atom. The van der Waals surface area contributed by atoms with Crippen molar-refractivity contribution in [3.63, 3.8) is 0 Å². The molecule has 202 valence electrons. The predicted octanol–water partition coefficient (Wildman–Crippen LogP) is 2.59. The maximum absolute atomic E-state index is 13.6. The maximum Gasteiger partial charge on any atom is 0.247 e. The van der Waals surface area contributed by atoms with Gasteiger partial charge in [0.2, 0.25) is 17.6 Å². The fraction of sp³-hybridized carbons (Fsp3) is 0.654. The van der Waals surface area contributed by atoms with E-state index in [0.29, 0.717) is 42.5 Å². The zero-order chi connectivity index (χ0) is 26.2. The first-order chi connectivity index (χ1) is 18.0. The van der Waals surface area contributed by atoms with E-state index >= 15 is 0 Å². The first-order valence-corrected chi connectivity index (χ1v) is 13.2. The van der Waals surface area contributed by atoms with Crippen LogP contribution in [0.5, 0.6) is 11.5 Å². The smallest absolute Gasteiger partial charge is 0.247 e. The summed E-state index contributed by atoms with van der Waals surface area (Å²) in [5.74, 6) is 1.19. The van der Waals surface area contributed by atoms with E-state index in [1.54, 1.807) is 37.3 Å². The molecule has 2 heterocycles. The molecule has 1 N–H and O–H groups in total. The van der Waals surface area contributed by atoms with Gasteiger partial charge in [0.25, 0.3) is 0 Å². The van der Waals surface area contributed by atoms with Gasteiger partial charge in [-0.1, -0.05) is 26.2 Å². The van der Waals surface area contributed by atoms with Crippen molar-refractivity contribution in [3.05, 3.63) is 18.2 Å². The molecule has 0 bridgehead atoms. The number of benzene rings is 1. The minimum Gasteiger partial charge on any atom is -0.493 e. The van der Waals surface area contributed by atoms with E-state index < -0.39 is 6.04 Å². The molecule has 11 nitrogen and oxygen atoms in total. The highest BCUT2D eigenvalue weighted by Crippen LogP contribution is 2.30. The average molecular weight is 515 g/mol. The number of hydrogen-bond donors (Lipinski definition) is 1. The lowest BCUT2D eigenvalue weighted by Gasteiger charge is -2.33. The zero-order valence-electron chi connectivity index (χ0n) is 22.0. The number of nitrogens with one attached hydrogen (secondary N) is 1. The topological polar surface area (TPSA) is 121 Å². The number of ether oxygens (including phenoxy) is 3. The number of methoxy groups -OCH3 is 2. The van der Waals surface area contributed by atoms with E-state index in [1.165, 1.54) is 4.80 Å². The summed E-state index contributed by atoms with van der Waals surface area (Å²) in [7, 11) is 3.13. The summed E-state index contributed by atoms with van der Waals surface area (Å²) in [4.78, 5) is 29.9. The van der Waals surface area contributed by atoms with Crippen LogP contribution in [0.3, 0.4) is 0 Å². The van der Waals surface area contributed by atoms with E-state index in [9.17, 15) is 9.59 Å². The highest BCUT2D eigenvalue weighted by Gasteiger charge is 2.34. The quantitative estimate of drug-likeness (QED) is 0.459. The van der Waals surface area contributed by atoms with Crippen molar-refractivity contribution in [2.75, 3.05) is 27.4 Å². The molecule has 1 aliphatic carbocycles. The molecular formula is C26H38N6O5. The van der Waals surface area contributed by atoms with Gasteiger partial charge >= 0.3 is 0 Å². The normalized spacial score (nSPS) is 18.5. The second-order valence-corrected chi connectivity index (χ2v) is 9.69. The number of amides is 2. The van der Waals surface area contributed by atoms with Gasteiger partial charge < -0.3 is 24.4 Å². The molecule has 2 fully saturated rings. The largest absolute Gasteiger partial charge is 0.493 e. The standard InChI is InChI=1S/C26H38N6O5/c1-4-8-21(26(34)27-19-9-5-6-10-19)31(16-20-11-7-14-37-20)24(33)17-32-29-25(28-30-32)18-12-13-22(35-2)23(15-18)36-3/h12-13,15,19-21H,4-11,14,16-17H2,1-3H3,(H,27,34)/t20-,21-/m0/s1. The zero-order valence-corrected chi connectivity index (χ0v) is 22.0. The summed E-state index contributed by atoms with van der Waals surface area (Å²) in [6.45, 7) is 2.96. The maximum atomic E-state index is 13.6. The van der Waals surface area contributed by atoms with Crippen LogP contribution in [0, 0.1) is 0 Å². The second kappa shape index (κ2) is 12.8. The van der Waals surface area contributed by atoms with Crippen LogP contribution in [0.2, 0.25) is 0 Å². The van der Waals surface area contributed by atoms with E-state index in [4.69, 9.17) is 14.2 Å². The molecule has 0 radical (unpaired) electrons. The lowest BCUT2D eigenvalue weighted by atomic mass is 10.1. The average Bonchev–Trinajstić information content (AvgIpc) is 3.69. The Kier molecular flexibility index (Phi) is 9.32. The monoisotopic (exact) mass is 514 g/mol. The first-order valence-electron chi connectivity index (χ1n) is 13.2. The molecule has 2 amide bonds. The molecule has 2 aromatic rings. The summed E-state index contributed by atoms with van der Waals surface area (Å²) in [6.07, 6.45) is 7.36. The number of nitrogens with zero attached hydrogens (tertiary/aromatic N) is 5. The molecule has 0 spiro atoms. The predicted molar refractivity (Wildman–Crippen MR) is 136 cm³/mol. The summed E-state index contributed by atoms with van der Waals surface area (Å²) in [5, 5.41) is 15.8. The van der Waals surface area contributed by atoms with Crippen LogP contribution in [0.4, 0.5) is 0 Å². The molecule has 0 unspecified atom stereocenters. The fourth-order valence-corrected chi connectivity index (χ4v) is 5.09. The van der Waals surface area contributed by atoms with Crippen LogP contribution >= 0.6 is 0 Å². The lowest BCUT2D eigenvalue weighted by Crippen LogP contribution is -2.54. The molecule has 37 heavy (non-hydrogen) atoms. The van der Waals surface area contributed by atoms with Crippen molar-refractivity contribution < 1.29 is 23.8 Å². The van der Waals surface area contributed by atoms with Crippen molar-refractivity contribution in [1.82, 2.24) is 30.4 Å². The number of carbonyl (C=O) groups excluding carboxylic acids is 2. The SMILES string of the molecule is CCC[C@@H](C(=O)NC1CCCC1)N(C[C@@H]1CCCO1)C(=O)Cn1nnc(-c2ccc(OC)c(OC)c2)n1. The van der Waals surface area contributed by atoms with Crippen molar-refractivity contribution in [2.24, 2.45) is 0 Å². The third-order valence-electron chi connectivity index (χ3n) is 7.06. The third-order valence-corrected chi connectivity index (χ3v) is 7.06. The summed E-state index contributed by atoms with van der Waals surface area (Å²) in [6, 6.07) is 4.96. The van der Waals surface area contributed by atoms with Gasteiger partial charge in [-0.25, -0.2) is 0 Å². The molecule has 1 saturated carbocycles. The van der Waals surface area contributed by atoms with E-state index in [1.807, 2.05) is 6.92 Å². The van der Waals surface area contributed by atoms with Gasteiger partial charge in [0.05, 0.1) is 20.3 Å². The van der Waals surface area contributed by atoms with Gasteiger partial charge in [-0.15, -0.1) is 10.2 Å². The Balaban J connectivity index is 1.51. The van der Waals surface area contributed by atoms with Crippen molar-refractivity contribution >= 4 is 11.8 Å². The number of aromatic nitrogens is 4. The summed E-state index contributed by atoms with van der Waals surface area (Å²) in [5.41, 5.74) is 0.687. The van der Waals surface area contributed by atoms with E-state index in [0.717, 1.165) is 44.9 Å². The first kappa shape index (κ1) is 26.8. The van der Waals surface area contributed by atoms with Gasteiger partial charge in [0.1, 0.15) is 12.6 Å². The van der Waals surface area contributed by atoms with Crippen LogP contribution in [-0.4, -0.2) is 82.5 Å². The van der Waals surface area contributed by atoms with Gasteiger partial charge in [-0.05, 0) is 55.5 Å². The van der Waals surface area contributed by atoms with Crippen LogP contribution in [0.1, 0.15) is 58.3 Å². The highest BCUT2D eigenvalue weighted by atomic mass is 16.5. The minimum absolute atomic E-state index is 0.0754. The van der Waals surface area contributed by atoms with Crippen LogP contribution in [0.25, 0.3) is 11.4 Å². The van der Waals surface area contributed by atoms with Gasteiger partial charge in [-0.3, -0.25) is 9.59 Å². The van der Waals surface area contributed by atoms with Gasteiger partial charge in [0.15, 0.2) is 11.5 Å². The molecule has 1 aromatic heterocycles. The Hall–Kier alpha value is -3.21. The second-order valence-electron chi connectivity index (χ2n) is 9.69. The summed E-state index contributed by atoms with van der Waals surface area (Å²) >= 11 is 0. The Labute approximate surface area is 217 Å². The fourth-order valence-electron chi connectivity index (χ4n) is 5.09. The molecule has 11 heteroatoms. The third kappa shape index (κ3) is 6.76. The molecule has 2 aliphatic rings. The number of rotatable bonds is 12. The van der Waals surface area contributed by atoms with Gasteiger partial charge in [-0.2, -0.15) is 4.80 Å². The van der Waals surface area contributed by atoms with Crippen LogP contribution in [0.15, 0.2) is 18.2 Å². The van der Waals surface area contributed by atoms with Crippen LogP contribution in [-0.2, 0) is 20.9 Å². The van der Waals surface area contributed by atoms with Crippen molar-refractivity contribution in [2.45, 2.75) is 83.0 Å². The summed E-state index contributed by atoms with van der Waals surface area (Å²) < 4.78 is 16.5. The number of hydrogen-bond acceptors (Lipinski definition) is 8. The van der Waals surface area contributed by atoms with Crippen LogP contribution < -0.4 is 14.8 Å². The van der Waals surface area contributed by atoms with Gasteiger partial charge in [0, 0.05) is 24.8 Å². The molecule has 1 saturated heterocycles. The Morgan fingerprint density at radius 2 is 1.95 bits per heavy atom.